The van der Waals surface area contributed by atoms with E-state index >= 15 is 0 Å². The van der Waals surface area contributed by atoms with Gasteiger partial charge in [-0.2, -0.15) is 0 Å². The normalized spacial score (nSPS) is 11.9. The quantitative estimate of drug-likeness (QED) is 0.845. The maximum absolute atomic E-state index is 13.9. The van der Waals surface area contributed by atoms with Crippen LogP contribution < -0.4 is 5.32 Å². The summed E-state index contributed by atoms with van der Waals surface area (Å²) in [6, 6.07) is 0. The van der Waals surface area contributed by atoms with E-state index in [1.165, 1.54) is 6.33 Å². The van der Waals surface area contributed by atoms with E-state index in [2.05, 4.69) is 34.0 Å². The van der Waals surface area contributed by atoms with Gasteiger partial charge in [-0.3, -0.25) is 0 Å². The molecule has 1 heterocycles. The van der Waals surface area contributed by atoms with Gasteiger partial charge in [-0.15, -0.1) is 0 Å². The van der Waals surface area contributed by atoms with Crippen LogP contribution in [0.2, 0.25) is 0 Å². The summed E-state index contributed by atoms with van der Waals surface area (Å²) < 4.78 is 13.9. The smallest absolute Gasteiger partial charge is 0.186 e. The zero-order valence-electron chi connectivity index (χ0n) is 11.9. The van der Waals surface area contributed by atoms with Crippen molar-refractivity contribution in [1.82, 2.24) is 14.9 Å². The zero-order chi connectivity index (χ0) is 13.8. The average molecular weight is 254 g/mol. The molecule has 5 heteroatoms. The van der Waals surface area contributed by atoms with Crippen LogP contribution in [0.1, 0.15) is 26.5 Å². The molecule has 0 aliphatic carbocycles. The van der Waals surface area contributed by atoms with E-state index in [0.29, 0.717) is 24.5 Å². The molecule has 102 valence electrons. The van der Waals surface area contributed by atoms with Crippen molar-refractivity contribution in [2.45, 2.75) is 27.2 Å². The number of rotatable bonds is 6. The van der Waals surface area contributed by atoms with Crippen molar-refractivity contribution in [3.63, 3.8) is 0 Å². The molecule has 1 aromatic heterocycles. The van der Waals surface area contributed by atoms with Crippen molar-refractivity contribution in [2.24, 2.45) is 5.41 Å². The summed E-state index contributed by atoms with van der Waals surface area (Å²) in [6.07, 6.45) is 1.98. The second-order valence-electron chi connectivity index (χ2n) is 5.59. The fourth-order valence-corrected chi connectivity index (χ4v) is 2.01. The molecule has 0 aliphatic heterocycles. The summed E-state index contributed by atoms with van der Waals surface area (Å²) in [7, 11) is 4.06. The van der Waals surface area contributed by atoms with Gasteiger partial charge in [0.05, 0.1) is 5.69 Å². The first-order chi connectivity index (χ1) is 8.35. The molecule has 0 saturated heterocycles. The molecule has 0 unspecified atom stereocenters. The number of aryl methyl sites for hydroxylation is 1. The standard InChI is InChI=1S/C13H23FN4/c1-6-10-11(14)12(17-9-16-10)15-7-13(2,3)8-18(4)5/h9H,6-8H2,1-5H3,(H,15,16,17). The summed E-state index contributed by atoms with van der Waals surface area (Å²) in [5.74, 6) is -0.0330. The maximum Gasteiger partial charge on any atom is 0.186 e. The second kappa shape index (κ2) is 6.09. The first kappa shape index (κ1) is 14.8. The van der Waals surface area contributed by atoms with Crippen molar-refractivity contribution in [3.05, 3.63) is 17.8 Å². The summed E-state index contributed by atoms with van der Waals surface area (Å²) >= 11 is 0. The van der Waals surface area contributed by atoms with Crippen molar-refractivity contribution >= 4 is 5.82 Å². The molecule has 4 nitrogen and oxygen atoms in total. The van der Waals surface area contributed by atoms with E-state index in [4.69, 9.17) is 0 Å². The van der Waals surface area contributed by atoms with Gasteiger partial charge in [0.1, 0.15) is 6.33 Å². The number of anilines is 1. The molecule has 0 amide bonds. The molecule has 18 heavy (non-hydrogen) atoms. The fourth-order valence-electron chi connectivity index (χ4n) is 2.01. The van der Waals surface area contributed by atoms with Gasteiger partial charge in [0, 0.05) is 13.1 Å². The highest BCUT2D eigenvalue weighted by atomic mass is 19.1. The Balaban J connectivity index is 2.69. The minimum absolute atomic E-state index is 0.0489. The van der Waals surface area contributed by atoms with Crippen LogP contribution in [0.3, 0.4) is 0 Å². The number of hydrogen-bond acceptors (Lipinski definition) is 4. The molecular weight excluding hydrogens is 231 g/mol. The van der Waals surface area contributed by atoms with Crippen LogP contribution in [-0.2, 0) is 6.42 Å². The lowest BCUT2D eigenvalue weighted by Gasteiger charge is -2.28. The number of nitrogens with zero attached hydrogens (tertiary/aromatic N) is 3. The predicted molar refractivity (Wildman–Crippen MR) is 72.2 cm³/mol. The minimum Gasteiger partial charge on any atom is -0.367 e. The van der Waals surface area contributed by atoms with E-state index < -0.39 is 0 Å². The van der Waals surface area contributed by atoms with Gasteiger partial charge in [-0.1, -0.05) is 20.8 Å². The molecule has 0 aliphatic rings. The Morgan fingerprint density at radius 2 is 2.00 bits per heavy atom. The predicted octanol–water partition coefficient (Wildman–Crippen LogP) is 2.18. The van der Waals surface area contributed by atoms with Crippen molar-refractivity contribution in [2.75, 3.05) is 32.5 Å². The Morgan fingerprint density at radius 1 is 1.33 bits per heavy atom. The molecule has 1 rings (SSSR count). The maximum atomic E-state index is 13.9. The Bertz CT molecular complexity index is 391. The lowest BCUT2D eigenvalue weighted by atomic mass is 9.93. The van der Waals surface area contributed by atoms with Gasteiger partial charge < -0.3 is 10.2 Å². The van der Waals surface area contributed by atoms with E-state index in [1.807, 2.05) is 21.0 Å². The molecule has 1 aromatic rings. The van der Waals surface area contributed by atoms with Crippen molar-refractivity contribution in [3.8, 4) is 0 Å². The highest BCUT2D eigenvalue weighted by Gasteiger charge is 2.20. The lowest BCUT2D eigenvalue weighted by molar-refractivity contribution is 0.254. The topological polar surface area (TPSA) is 41.1 Å². The highest BCUT2D eigenvalue weighted by molar-refractivity contribution is 5.37. The van der Waals surface area contributed by atoms with Crippen molar-refractivity contribution < 1.29 is 4.39 Å². The first-order valence-corrected chi connectivity index (χ1v) is 6.23. The third-order valence-corrected chi connectivity index (χ3v) is 2.68. The molecule has 0 saturated carbocycles. The van der Waals surface area contributed by atoms with Crippen LogP contribution in [0.25, 0.3) is 0 Å². The van der Waals surface area contributed by atoms with E-state index in [1.54, 1.807) is 0 Å². The zero-order valence-corrected chi connectivity index (χ0v) is 11.9. The monoisotopic (exact) mass is 254 g/mol. The number of hydrogen-bond donors (Lipinski definition) is 1. The summed E-state index contributed by atoms with van der Waals surface area (Å²) in [6.45, 7) is 7.75. The lowest BCUT2D eigenvalue weighted by Crippen LogP contribution is -2.34. The SMILES string of the molecule is CCc1ncnc(NCC(C)(C)CN(C)C)c1F. The van der Waals surface area contributed by atoms with Gasteiger partial charge in [0.25, 0.3) is 0 Å². The Kier molecular flexibility index (Phi) is 5.02. The first-order valence-electron chi connectivity index (χ1n) is 6.23. The van der Waals surface area contributed by atoms with Crippen LogP contribution in [0, 0.1) is 11.2 Å². The Labute approximate surface area is 109 Å². The summed E-state index contributed by atoms with van der Waals surface area (Å²) in [5.41, 5.74) is 0.505. The van der Waals surface area contributed by atoms with Gasteiger partial charge in [0.2, 0.25) is 0 Å². The average Bonchev–Trinajstić information content (AvgIpc) is 2.26. The van der Waals surface area contributed by atoms with Crippen LogP contribution in [-0.4, -0.2) is 42.1 Å². The van der Waals surface area contributed by atoms with Gasteiger partial charge in [0.15, 0.2) is 11.6 Å². The largest absolute Gasteiger partial charge is 0.367 e. The fraction of sp³-hybridized carbons (Fsp3) is 0.692. The Morgan fingerprint density at radius 3 is 2.56 bits per heavy atom. The number of halogens is 1. The molecule has 0 aromatic carbocycles. The van der Waals surface area contributed by atoms with Crippen LogP contribution >= 0.6 is 0 Å². The number of nitrogens with one attached hydrogen (secondary N) is 1. The molecular formula is C13H23FN4. The molecule has 0 bridgehead atoms. The number of aromatic nitrogens is 2. The molecule has 0 atom stereocenters. The van der Waals surface area contributed by atoms with Crippen molar-refractivity contribution in [1.29, 1.82) is 0 Å². The summed E-state index contributed by atoms with van der Waals surface area (Å²) in [5, 5.41) is 3.08. The molecule has 0 radical (unpaired) electrons. The van der Waals surface area contributed by atoms with E-state index in [0.717, 1.165) is 6.54 Å². The highest BCUT2D eigenvalue weighted by Crippen LogP contribution is 2.19. The summed E-state index contributed by atoms with van der Waals surface area (Å²) in [4.78, 5) is 9.99. The second-order valence-corrected chi connectivity index (χ2v) is 5.59. The van der Waals surface area contributed by atoms with Gasteiger partial charge >= 0.3 is 0 Å². The Hall–Kier alpha value is -1.23. The van der Waals surface area contributed by atoms with Crippen LogP contribution in [0.5, 0.6) is 0 Å². The minimum atomic E-state index is -0.333. The van der Waals surface area contributed by atoms with E-state index in [-0.39, 0.29) is 11.2 Å². The van der Waals surface area contributed by atoms with E-state index in [9.17, 15) is 4.39 Å². The van der Waals surface area contributed by atoms with Gasteiger partial charge in [-0.25, -0.2) is 14.4 Å². The third-order valence-electron chi connectivity index (χ3n) is 2.68. The van der Waals surface area contributed by atoms with Crippen LogP contribution in [0.4, 0.5) is 10.2 Å². The van der Waals surface area contributed by atoms with Gasteiger partial charge in [-0.05, 0) is 25.9 Å². The molecule has 0 fully saturated rings. The molecule has 1 N–H and O–H groups in total. The van der Waals surface area contributed by atoms with Crippen LogP contribution in [0.15, 0.2) is 6.33 Å². The third kappa shape index (κ3) is 4.22. The molecule has 0 spiro atoms.